The van der Waals surface area contributed by atoms with Crippen molar-refractivity contribution in [1.29, 1.82) is 0 Å². The fraction of sp³-hybridized carbons (Fsp3) is 0.0476. The molecule has 3 aromatic carbocycles. The van der Waals surface area contributed by atoms with Gasteiger partial charge in [0.25, 0.3) is 11.6 Å². The lowest BCUT2D eigenvalue weighted by molar-refractivity contribution is -0.384. The molecular weight excluding hydrogens is 378 g/mol. The Hall–Kier alpha value is -3.51. The SMILES string of the molecule is O=C1C(=Nc2cccc(Cl)c2)c2ccccc2N1Cc1ccc([N+](=O)[O-])cc1. The molecule has 138 valence electrons. The van der Waals surface area contributed by atoms with Gasteiger partial charge in [-0.3, -0.25) is 14.9 Å². The number of halogens is 1. The topological polar surface area (TPSA) is 75.8 Å². The normalized spacial score (nSPS) is 14.4. The Morgan fingerprint density at radius 2 is 1.75 bits per heavy atom. The molecule has 0 saturated heterocycles. The van der Waals surface area contributed by atoms with Crippen LogP contribution < -0.4 is 4.90 Å². The lowest BCUT2D eigenvalue weighted by Gasteiger charge is -2.16. The smallest absolute Gasteiger partial charge is 0.277 e. The number of non-ortho nitro benzene ring substituents is 1. The standard InChI is InChI=1S/C21H14ClN3O3/c22-15-4-3-5-16(12-15)23-20-18-6-1-2-7-19(18)24(21(20)26)13-14-8-10-17(11-9-14)25(27)28/h1-12H,13H2. The monoisotopic (exact) mass is 391 g/mol. The van der Waals surface area contributed by atoms with Gasteiger partial charge in [-0.15, -0.1) is 0 Å². The number of aliphatic imine (C=N–C) groups is 1. The van der Waals surface area contributed by atoms with Crippen LogP contribution in [-0.2, 0) is 11.3 Å². The first kappa shape index (κ1) is 17.9. The van der Waals surface area contributed by atoms with Gasteiger partial charge in [-0.2, -0.15) is 0 Å². The molecule has 1 aliphatic heterocycles. The first-order chi connectivity index (χ1) is 13.5. The predicted octanol–water partition coefficient (Wildman–Crippen LogP) is 4.92. The Bertz CT molecular complexity index is 1110. The molecule has 0 bridgehead atoms. The zero-order chi connectivity index (χ0) is 19.7. The molecule has 0 fully saturated rings. The van der Waals surface area contributed by atoms with E-state index in [0.717, 1.165) is 16.8 Å². The molecule has 0 aromatic heterocycles. The second-order valence-corrected chi connectivity index (χ2v) is 6.71. The minimum Gasteiger partial charge on any atom is -0.302 e. The van der Waals surface area contributed by atoms with Crippen LogP contribution in [0.5, 0.6) is 0 Å². The number of benzene rings is 3. The molecule has 0 N–H and O–H groups in total. The summed E-state index contributed by atoms with van der Waals surface area (Å²) in [5.74, 6) is -0.223. The molecule has 1 heterocycles. The molecule has 0 unspecified atom stereocenters. The van der Waals surface area contributed by atoms with Gasteiger partial charge in [0.1, 0.15) is 5.71 Å². The van der Waals surface area contributed by atoms with E-state index in [1.807, 2.05) is 24.3 Å². The first-order valence-corrected chi connectivity index (χ1v) is 8.89. The predicted molar refractivity (Wildman–Crippen MR) is 108 cm³/mol. The van der Waals surface area contributed by atoms with Crippen LogP contribution in [0.15, 0.2) is 77.8 Å². The van der Waals surface area contributed by atoms with Gasteiger partial charge in [-0.25, -0.2) is 4.99 Å². The maximum atomic E-state index is 13.1. The van der Waals surface area contributed by atoms with Crippen molar-refractivity contribution >= 4 is 40.3 Å². The fourth-order valence-corrected chi connectivity index (χ4v) is 3.29. The van der Waals surface area contributed by atoms with Crippen LogP contribution >= 0.6 is 11.6 Å². The van der Waals surface area contributed by atoms with Crippen molar-refractivity contribution < 1.29 is 9.72 Å². The average Bonchev–Trinajstić information content (AvgIpc) is 2.94. The molecule has 0 saturated carbocycles. The van der Waals surface area contributed by atoms with Crippen LogP contribution in [0.3, 0.4) is 0 Å². The summed E-state index contributed by atoms with van der Waals surface area (Å²) in [7, 11) is 0. The van der Waals surface area contributed by atoms with Crippen molar-refractivity contribution in [3.05, 3.63) is 99.1 Å². The number of nitrogens with zero attached hydrogens (tertiary/aromatic N) is 3. The largest absolute Gasteiger partial charge is 0.302 e. The van der Waals surface area contributed by atoms with Crippen LogP contribution in [0.25, 0.3) is 0 Å². The molecule has 28 heavy (non-hydrogen) atoms. The van der Waals surface area contributed by atoms with Crippen molar-refractivity contribution in [3.63, 3.8) is 0 Å². The number of hydrogen-bond donors (Lipinski definition) is 0. The molecule has 0 aliphatic carbocycles. The van der Waals surface area contributed by atoms with Gasteiger partial charge in [0.15, 0.2) is 0 Å². The fourth-order valence-electron chi connectivity index (χ4n) is 3.11. The number of fused-ring (bicyclic) bond motifs is 1. The van der Waals surface area contributed by atoms with Gasteiger partial charge in [0, 0.05) is 22.7 Å². The highest BCUT2D eigenvalue weighted by Crippen LogP contribution is 2.32. The van der Waals surface area contributed by atoms with E-state index in [2.05, 4.69) is 4.99 Å². The summed E-state index contributed by atoms with van der Waals surface area (Å²) >= 11 is 6.03. The van der Waals surface area contributed by atoms with Gasteiger partial charge in [-0.05, 0) is 29.8 Å². The highest BCUT2D eigenvalue weighted by Gasteiger charge is 2.33. The van der Waals surface area contributed by atoms with Gasteiger partial charge in [-0.1, -0.05) is 48.0 Å². The number of amides is 1. The summed E-state index contributed by atoms with van der Waals surface area (Å²) in [6.45, 7) is 0.294. The zero-order valence-corrected chi connectivity index (χ0v) is 15.3. The Kier molecular flexibility index (Phi) is 4.63. The Morgan fingerprint density at radius 1 is 1.00 bits per heavy atom. The van der Waals surface area contributed by atoms with Gasteiger partial charge >= 0.3 is 0 Å². The number of hydrogen-bond acceptors (Lipinski definition) is 4. The molecule has 0 atom stereocenters. The van der Waals surface area contributed by atoms with Crippen molar-refractivity contribution in [2.45, 2.75) is 6.54 Å². The van der Waals surface area contributed by atoms with Crippen molar-refractivity contribution in [3.8, 4) is 0 Å². The van der Waals surface area contributed by atoms with Gasteiger partial charge in [0.05, 0.1) is 22.8 Å². The third-order valence-corrected chi connectivity index (χ3v) is 4.67. The quantitative estimate of drug-likeness (QED) is 0.468. The van der Waals surface area contributed by atoms with Gasteiger partial charge < -0.3 is 4.90 Å². The molecule has 6 nitrogen and oxygen atoms in total. The van der Waals surface area contributed by atoms with E-state index in [1.165, 1.54) is 12.1 Å². The average molecular weight is 392 g/mol. The highest BCUT2D eigenvalue weighted by molar-refractivity contribution is 6.54. The number of para-hydroxylation sites is 1. The van der Waals surface area contributed by atoms with Crippen LogP contribution in [-0.4, -0.2) is 16.5 Å². The Morgan fingerprint density at radius 3 is 2.46 bits per heavy atom. The molecule has 3 aromatic rings. The molecule has 0 spiro atoms. The summed E-state index contributed by atoms with van der Waals surface area (Å²) in [5.41, 5.74) is 3.25. The van der Waals surface area contributed by atoms with Crippen LogP contribution in [0.1, 0.15) is 11.1 Å². The van der Waals surface area contributed by atoms with E-state index < -0.39 is 4.92 Å². The molecule has 7 heteroatoms. The van der Waals surface area contributed by atoms with E-state index in [9.17, 15) is 14.9 Å². The summed E-state index contributed by atoms with van der Waals surface area (Å²) in [4.78, 5) is 29.6. The maximum absolute atomic E-state index is 13.1. The number of carbonyl (C=O) groups excluding carboxylic acids is 1. The van der Waals surface area contributed by atoms with Crippen LogP contribution in [0.2, 0.25) is 5.02 Å². The van der Waals surface area contributed by atoms with E-state index in [1.54, 1.807) is 41.3 Å². The second-order valence-electron chi connectivity index (χ2n) is 6.27. The highest BCUT2D eigenvalue weighted by atomic mass is 35.5. The number of nitro groups is 1. The summed E-state index contributed by atoms with van der Waals surface area (Å²) < 4.78 is 0. The lowest BCUT2D eigenvalue weighted by Crippen LogP contribution is -2.29. The zero-order valence-electron chi connectivity index (χ0n) is 14.6. The number of carbonyl (C=O) groups is 1. The van der Waals surface area contributed by atoms with E-state index in [0.29, 0.717) is 23.0 Å². The number of anilines is 1. The minimum absolute atomic E-state index is 0.0140. The van der Waals surface area contributed by atoms with E-state index in [4.69, 9.17) is 11.6 Å². The Balaban J connectivity index is 1.69. The molecule has 1 aliphatic rings. The maximum Gasteiger partial charge on any atom is 0.277 e. The molecule has 4 rings (SSSR count). The third-order valence-electron chi connectivity index (χ3n) is 4.43. The summed E-state index contributed by atoms with van der Waals surface area (Å²) in [6, 6.07) is 20.6. The van der Waals surface area contributed by atoms with Crippen LogP contribution in [0.4, 0.5) is 17.1 Å². The van der Waals surface area contributed by atoms with Crippen molar-refractivity contribution in [2.75, 3.05) is 4.90 Å². The number of rotatable bonds is 4. The van der Waals surface area contributed by atoms with Gasteiger partial charge in [0.2, 0.25) is 0 Å². The van der Waals surface area contributed by atoms with Crippen molar-refractivity contribution in [2.24, 2.45) is 4.99 Å². The second kappa shape index (κ2) is 7.25. The molecular formula is C21H14ClN3O3. The van der Waals surface area contributed by atoms with E-state index >= 15 is 0 Å². The lowest BCUT2D eigenvalue weighted by atomic mass is 10.1. The first-order valence-electron chi connectivity index (χ1n) is 8.52. The van der Waals surface area contributed by atoms with Crippen molar-refractivity contribution in [1.82, 2.24) is 0 Å². The molecule has 0 radical (unpaired) electrons. The minimum atomic E-state index is -0.449. The summed E-state index contributed by atoms with van der Waals surface area (Å²) in [5, 5.41) is 11.4. The van der Waals surface area contributed by atoms with Crippen LogP contribution in [0, 0.1) is 10.1 Å². The third kappa shape index (κ3) is 3.37. The van der Waals surface area contributed by atoms with E-state index in [-0.39, 0.29) is 11.6 Å². The molecule has 1 amide bonds. The summed E-state index contributed by atoms with van der Waals surface area (Å²) in [6.07, 6.45) is 0. The number of nitro benzene ring substituents is 1. The Labute approximate surface area is 165 Å².